The van der Waals surface area contributed by atoms with Crippen molar-refractivity contribution in [2.45, 2.75) is 110 Å². The number of carbonyl (C=O) groups excluding carboxylic acids is 4. The summed E-state index contributed by atoms with van der Waals surface area (Å²) in [5, 5.41) is 4.96. The first-order valence-electron chi connectivity index (χ1n) is 28.4. The highest BCUT2D eigenvalue weighted by Crippen LogP contribution is 2.41. The monoisotopic (exact) mass is 1130 g/mol. The molecule has 0 aliphatic carbocycles. The third kappa shape index (κ3) is 18.2. The van der Waals surface area contributed by atoms with E-state index in [1.165, 1.54) is 17.0 Å². The average Bonchev–Trinajstić information content (AvgIpc) is 2.77. The van der Waals surface area contributed by atoms with E-state index in [2.05, 4.69) is 40.0 Å². The number of nitrogens with one attached hydrogen (secondary N) is 1. The van der Waals surface area contributed by atoms with Gasteiger partial charge in [0.15, 0.2) is 0 Å². The van der Waals surface area contributed by atoms with Crippen molar-refractivity contribution in [3.63, 3.8) is 0 Å². The number of methoxy groups -OCH3 is 1. The van der Waals surface area contributed by atoms with E-state index in [4.69, 9.17) is 33.4 Å². The van der Waals surface area contributed by atoms with Crippen LogP contribution in [0.1, 0.15) is 96.3 Å². The summed E-state index contributed by atoms with van der Waals surface area (Å²) >= 11 is 0. The predicted octanol–water partition coefficient (Wildman–Crippen LogP) is 9.08. The second kappa shape index (κ2) is 28.6. The number of anilines is 2. The summed E-state index contributed by atoms with van der Waals surface area (Å²) in [4.78, 5) is 74.2. The molecule has 1 saturated heterocycles. The summed E-state index contributed by atoms with van der Waals surface area (Å²) in [6.07, 6.45) is 3.04. The van der Waals surface area contributed by atoms with Crippen molar-refractivity contribution in [1.29, 1.82) is 0 Å². The number of carbonyl (C=O) groups is 4. The van der Waals surface area contributed by atoms with E-state index in [1.54, 1.807) is 57.3 Å². The molecule has 1 fully saturated rings. The maximum Gasteiger partial charge on any atom is 0.410 e. The first-order chi connectivity index (χ1) is 39.0. The maximum absolute atomic E-state index is 14.5. The van der Waals surface area contributed by atoms with Gasteiger partial charge in [-0.25, -0.2) is 14.0 Å². The Kier molecular flexibility index (Phi) is 22.0. The van der Waals surface area contributed by atoms with Crippen LogP contribution in [0.15, 0.2) is 97.3 Å². The quantitative estimate of drug-likeness (QED) is 0.0548. The smallest absolute Gasteiger partial charge is 0.410 e. The molecule has 4 amide bonds. The highest BCUT2D eigenvalue weighted by atomic mass is 19.1. The van der Waals surface area contributed by atoms with Gasteiger partial charge < -0.3 is 48.4 Å². The summed E-state index contributed by atoms with van der Waals surface area (Å²) < 4.78 is 48.9. The van der Waals surface area contributed by atoms with Gasteiger partial charge >= 0.3 is 12.2 Å². The van der Waals surface area contributed by atoms with Crippen molar-refractivity contribution < 1.29 is 52.0 Å². The Labute approximate surface area is 483 Å². The lowest BCUT2D eigenvalue weighted by Crippen LogP contribution is -2.62. The van der Waals surface area contributed by atoms with E-state index in [-0.39, 0.29) is 68.7 Å². The Bertz CT molecular complexity index is 2920. The number of ether oxygens (including phenoxy) is 6. The number of nitrogens with zero attached hydrogens (tertiary/aromatic N) is 7. The normalized spacial score (nSPS) is 16.7. The molecular formula is C63H85FN8O10. The number of hydrogen-bond donors (Lipinski definition) is 1. The summed E-state index contributed by atoms with van der Waals surface area (Å²) in [5.74, 6) is -1.35. The molecule has 0 bridgehead atoms. The predicted molar refractivity (Wildman–Crippen MR) is 315 cm³/mol. The average molecular weight is 1130 g/mol. The molecule has 2 aliphatic heterocycles. The van der Waals surface area contributed by atoms with E-state index in [0.717, 1.165) is 44.5 Å². The van der Waals surface area contributed by atoms with Gasteiger partial charge in [-0.05, 0) is 120 Å². The Balaban J connectivity index is 0.894. The third-order valence-corrected chi connectivity index (χ3v) is 14.3. The molecule has 3 aromatic carbocycles. The molecule has 1 N–H and O–H groups in total. The lowest BCUT2D eigenvalue weighted by molar-refractivity contribution is -0.122. The molecule has 5 aromatic rings. The van der Waals surface area contributed by atoms with Crippen molar-refractivity contribution in [2.75, 3.05) is 116 Å². The zero-order chi connectivity index (χ0) is 59.2. The van der Waals surface area contributed by atoms with Gasteiger partial charge in [-0.2, -0.15) is 0 Å². The molecule has 18 nitrogen and oxygen atoms in total. The van der Waals surface area contributed by atoms with Crippen LogP contribution in [0.5, 0.6) is 0 Å². The Morgan fingerprint density at radius 1 is 0.817 bits per heavy atom. The molecule has 4 heterocycles. The first kappa shape index (κ1) is 63.0. The first-order valence-corrected chi connectivity index (χ1v) is 28.4. The van der Waals surface area contributed by atoms with Gasteiger partial charge in [0.25, 0.3) is 0 Å². The largest absolute Gasteiger partial charge is 0.444 e. The van der Waals surface area contributed by atoms with E-state index in [1.807, 2.05) is 94.2 Å². The number of rotatable bonds is 25. The third-order valence-electron chi connectivity index (χ3n) is 14.3. The van der Waals surface area contributed by atoms with Crippen LogP contribution < -0.4 is 10.2 Å². The highest BCUT2D eigenvalue weighted by Gasteiger charge is 2.43. The zero-order valence-corrected chi connectivity index (χ0v) is 49.9. The van der Waals surface area contributed by atoms with Crippen LogP contribution in [0, 0.1) is 5.82 Å². The van der Waals surface area contributed by atoms with Crippen LogP contribution in [-0.2, 0) is 56.4 Å². The zero-order valence-electron chi connectivity index (χ0n) is 49.9. The molecule has 7 rings (SSSR count). The molecular weight excluding hydrogens is 1050 g/mol. The fourth-order valence-corrected chi connectivity index (χ4v) is 10.2. The molecule has 0 spiro atoms. The molecule has 0 radical (unpaired) electrons. The minimum absolute atomic E-state index is 0.0614. The van der Waals surface area contributed by atoms with Gasteiger partial charge in [0, 0.05) is 87.8 Å². The molecule has 19 heteroatoms. The number of likely N-dealkylation sites (N-methyl/N-ethyl adjacent to an activating group) is 1. The lowest BCUT2D eigenvalue weighted by Gasteiger charge is -2.45. The van der Waals surface area contributed by atoms with Crippen LogP contribution in [0.2, 0.25) is 0 Å². The molecule has 82 heavy (non-hydrogen) atoms. The summed E-state index contributed by atoms with van der Waals surface area (Å²) in [5.41, 5.74) is 3.89. The Morgan fingerprint density at radius 2 is 1.49 bits per heavy atom. The summed E-state index contributed by atoms with van der Waals surface area (Å²) in [7, 11) is 3.64. The number of pyridine rings is 2. The fourth-order valence-electron chi connectivity index (χ4n) is 10.2. The number of hydrogen-bond acceptors (Lipinski definition) is 14. The van der Waals surface area contributed by atoms with E-state index >= 15 is 0 Å². The van der Waals surface area contributed by atoms with Crippen LogP contribution >= 0.6 is 0 Å². The Hall–Kier alpha value is -6.61. The van der Waals surface area contributed by atoms with Crippen LogP contribution in [0.4, 0.5) is 25.4 Å². The summed E-state index contributed by atoms with van der Waals surface area (Å²) in [6.45, 7) is 22.2. The van der Waals surface area contributed by atoms with Gasteiger partial charge in [-0.3, -0.25) is 29.4 Å². The second-order valence-electron chi connectivity index (χ2n) is 24.0. The second-order valence-corrected chi connectivity index (χ2v) is 24.0. The number of aromatic nitrogens is 2. The van der Waals surface area contributed by atoms with E-state index in [0.29, 0.717) is 77.9 Å². The standard InChI is InChI=1S/C63H85FN8O10/c1-44-37-70(52(42-77-11)38-71(44)60(76)82-62(5,6)7)41-56(73)72-43-63(8,9)57-55(72)35-49(33-45-17-20-50(64)21-18-45)54(67-57)40-68(10)25-27-78-29-31-80-32-30-79-28-26-69(59(75)81-61(2,3)4)39-53(46-15-13-12-14-16-46)58(74)66-51-22-19-48-36-65-24-23-47(48)34-51/h12-24,34-36,44,52-53H,25-33,37-43H2,1-11H3,(H,66,74)/t44-,52-,53-/m1/s1. The number of benzene rings is 3. The van der Waals surface area contributed by atoms with Gasteiger partial charge in [-0.1, -0.05) is 62.4 Å². The maximum atomic E-state index is 14.5. The van der Waals surface area contributed by atoms with Crippen molar-refractivity contribution in [1.82, 2.24) is 29.6 Å². The van der Waals surface area contributed by atoms with Crippen molar-refractivity contribution in [3.05, 3.63) is 131 Å². The van der Waals surface area contributed by atoms with Crippen molar-refractivity contribution in [3.8, 4) is 0 Å². The van der Waals surface area contributed by atoms with Gasteiger partial charge in [-0.15, -0.1) is 0 Å². The van der Waals surface area contributed by atoms with Crippen LogP contribution in [0.25, 0.3) is 10.8 Å². The molecule has 3 atom stereocenters. The van der Waals surface area contributed by atoms with Gasteiger partial charge in [0.05, 0.1) is 81.8 Å². The molecule has 2 aliphatic rings. The van der Waals surface area contributed by atoms with E-state index in [9.17, 15) is 23.6 Å². The van der Waals surface area contributed by atoms with Gasteiger partial charge in [0.2, 0.25) is 11.8 Å². The molecule has 444 valence electrons. The minimum Gasteiger partial charge on any atom is -0.444 e. The van der Waals surface area contributed by atoms with Crippen molar-refractivity contribution >= 4 is 46.1 Å². The molecule has 0 saturated carbocycles. The van der Waals surface area contributed by atoms with Gasteiger partial charge in [0.1, 0.15) is 17.0 Å². The Morgan fingerprint density at radius 3 is 2.16 bits per heavy atom. The topological polar surface area (TPSA) is 178 Å². The van der Waals surface area contributed by atoms with Crippen LogP contribution in [-0.4, -0.2) is 183 Å². The minimum atomic E-state index is -0.756. The number of fused-ring (bicyclic) bond motifs is 2. The molecule has 2 aromatic heterocycles. The lowest BCUT2D eigenvalue weighted by atomic mass is 9.90. The van der Waals surface area contributed by atoms with Crippen LogP contribution in [0.3, 0.4) is 0 Å². The van der Waals surface area contributed by atoms with E-state index < -0.39 is 28.6 Å². The number of halogens is 1. The number of piperazine rings is 1. The summed E-state index contributed by atoms with van der Waals surface area (Å²) in [6, 6.07) is 25.1. The SMILES string of the molecule is COC[C@H]1CN(C(=O)OC(C)(C)C)[C@H](C)CN1CC(=O)N1CC(C)(C)c2nc(CN(C)CCOCCOCCOCCN(C[C@@H](C(=O)Nc3ccc4cnccc4c3)c3ccccc3)C(=O)OC(C)(C)C)c(Cc3ccc(F)cc3)cc21. The fraction of sp³-hybridized carbons (Fsp3) is 0.524. The molecule has 0 unspecified atom stereocenters. The number of amides is 4. The highest BCUT2D eigenvalue weighted by molar-refractivity contribution is 5.99. The van der Waals surface area contributed by atoms with Crippen molar-refractivity contribution in [2.24, 2.45) is 0 Å².